The predicted octanol–water partition coefficient (Wildman–Crippen LogP) is 4.66. The van der Waals surface area contributed by atoms with Crippen molar-refractivity contribution in [3.8, 4) is 0 Å². The van der Waals surface area contributed by atoms with Gasteiger partial charge in [0.05, 0.1) is 6.04 Å². The van der Waals surface area contributed by atoms with E-state index in [0.717, 1.165) is 30.6 Å². The van der Waals surface area contributed by atoms with Gasteiger partial charge < -0.3 is 10.2 Å². The van der Waals surface area contributed by atoms with Crippen molar-refractivity contribution in [2.24, 2.45) is 0 Å². The molecule has 0 bridgehead atoms. The fourth-order valence-electron chi connectivity index (χ4n) is 3.61. The quantitative estimate of drug-likeness (QED) is 0.739. The largest absolute Gasteiger partial charge is 0.344 e. The Morgan fingerprint density at radius 3 is 2.70 bits per heavy atom. The van der Waals surface area contributed by atoms with Gasteiger partial charge in [0.1, 0.15) is 5.69 Å². The molecule has 0 saturated carbocycles. The SMILES string of the molecule is CC(NC(=O)c1cc(N2CCCc3ccccc32)ccn1)c1ccccc1. The highest BCUT2D eigenvalue weighted by molar-refractivity contribution is 5.93. The number of benzene rings is 2. The molecule has 1 aliphatic heterocycles. The number of carbonyl (C=O) groups excluding carboxylic acids is 1. The fourth-order valence-corrected chi connectivity index (χ4v) is 3.61. The summed E-state index contributed by atoms with van der Waals surface area (Å²) >= 11 is 0. The third kappa shape index (κ3) is 3.70. The van der Waals surface area contributed by atoms with Gasteiger partial charge in [-0.2, -0.15) is 0 Å². The number of amides is 1. The van der Waals surface area contributed by atoms with Crippen LogP contribution in [0.3, 0.4) is 0 Å². The number of para-hydroxylation sites is 1. The molecule has 0 spiro atoms. The average molecular weight is 357 g/mol. The zero-order valence-corrected chi connectivity index (χ0v) is 15.4. The van der Waals surface area contributed by atoms with Crippen molar-refractivity contribution in [2.45, 2.75) is 25.8 Å². The van der Waals surface area contributed by atoms with Gasteiger partial charge in [0.25, 0.3) is 5.91 Å². The molecule has 1 amide bonds. The van der Waals surface area contributed by atoms with Gasteiger partial charge in [0.2, 0.25) is 0 Å². The first-order valence-corrected chi connectivity index (χ1v) is 9.40. The molecular formula is C23H23N3O. The topological polar surface area (TPSA) is 45.2 Å². The zero-order chi connectivity index (χ0) is 18.6. The number of fused-ring (bicyclic) bond motifs is 1. The monoisotopic (exact) mass is 357 g/mol. The maximum absolute atomic E-state index is 12.7. The molecule has 1 atom stereocenters. The number of aryl methyl sites for hydroxylation is 1. The number of nitrogens with one attached hydrogen (secondary N) is 1. The van der Waals surface area contributed by atoms with Crippen LogP contribution in [0.1, 0.15) is 41.0 Å². The number of nitrogens with zero attached hydrogens (tertiary/aromatic N) is 2. The zero-order valence-electron chi connectivity index (χ0n) is 15.4. The fraction of sp³-hybridized carbons (Fsp3) is 0.217. The summed E-state index contributed by atoms with van der Waals surface area (Å²) < 4.78 is 0. The molecule has 0 aliphatic carbocycles. The Morgan fingerprint density at radius 1 is 1.07 bits per heavy atom. The molecule has 27 heavy (non-hydrogen) atoms. The lowest BCUT2D eigenvalue weighted by molar-refractivity contribution is 0.0935. The Bertz CT molecular complexity index is 939. The van der Waals surface area contributed by atoms with Crippen LogP contribution in [0.2, 0.25) is 0 Å². The Kier molecular flexibility index (Phi) is 4.88. The van der Waals surface area contributed by atoms with Gasteiger partial charge in [0, 0.05) is 24.1 Å². The second-order valence-electron chi connectivity index (χ2n) is 6.89. The molecule has 1 aliphatic rings. The molecule has 0 radical (unpaired) electrons. The molecule has 136 valence electrons. The van der Waals surface area contributed by atoms with Gasteiger partial charge in [-0.25, -0.2) is 0 Å². The third-order valence-corrected chi connectivity index (χ3v) is 5.05. The van der Waals surface area contributed by atoms with Crippen LogP contribution >= 0.6 is 0 Å². The van der Waals surface area contributed by atoms with Crippen molar-refractivity contribution in [3.63, 3.8) is 0 Å². The Morgan fingerprint density at radius 2 is 1.85 bits per heavy atom. The lowest BCUT2D eigenvalue weighted by Gasteiger charge is -2.31. The first kappa shape index (κ1) is 17.3. The Hall–Kier alpha value is -3.14. The van der Waals surface area contributed by atoms with Crippen LogP contribution in [0, 0.1) is 0 Å². The van der Waals surface area contributed by atoms with E-state index in [9.17, 15) is 4.79 Å². The number of pyridine rings is 1. The summed E-state index contributed by atoms with van der Waals surface area (Å²) in [5, 5.41) is 3.04. The molecule has 4 heteroatoms. The van der Waals surface area contributed by atoms with Crippen molar-refractivity contribution in [1.29, 1.82) is 0 Å². The standard InChI is InChI=1S/C23H23N3O/c1-17(18-8-3-2-4-9-18)25-23(27)21-16-20(13-14-24-21)26-15-7-11-19-10-5-6-12-22(19)26/h2-6,8-10,12-14,16-17H,7,11,15H2,1H3,(H,25,27). The highest BCUT2D eigenvalue weighted by Crippen LogP contribution is 2.33. The molecular weight excluding hydrogens is 334 g/mol. The van der Waals surface area contributed by atoms with E-state index in [2.05, 4.69) is 39.5 Å². The first-order chi connectivity index (χ1) is 13.2. The van der Waals surface area contributed by atoms with Gasteiger partial charge in [-0.05, 0) is 49.1 Å². The number of aromatic nitrogens is 1. The highest BCUT2D eigenvalue weighted by atomic mass is 16.1. The van der Waals surface area contributed by atoms with Crippen molar-refractivity contribution >= 4 is 17.3 Å². The molecule has 2 heterocycles. The van der Waals surface area contributed by atoms with Crippen molar-refractivity contribution in [3.05, 3.63) is 89.7 Å². The minimum atomic E-state index is -0.154. The summed E-state index contributed by atoms with van der Waals surface area (Å²) in [5.41, 5.74) is 5.10. The molecule has 0 saturated heterocycles. The van der Waals surface area contributed by atoms with E-state index in [-0.39, 0.29) is 11.9 Å². The van der Waals surface area contributed by atoms with Gasteiger partial charge in [-0.3, -0.25) is 9.78 Å². The average Bonchev–Trinajstić information content (AvgIpc) is 2.74. The lowest BCUT2D eigenvalue weighted by atomic mass is 10.0. The molecule has 2 aromatic carbocycles. The number of hydrogen-bond donors (Lipinski definition) is 1. The predicted molar refractivity (Wildman–Crippen MR) is 108 cm³/mol. The second-order valence-corrected chi connectivity index (χ2v) is 6.89. The van der Waals surface area contributed by atoms with Crippen molar-refractivity contribution in [1.82, 2.24) is 10.3 Å². The van der Waals surface area contributed by atoms with E-state index in [4.69, 9.17) is 0 Å². The summed E-state index contributed by atoms with van der Waals surface area (Å²) in [4.78, 5) is 19.3. The van der Waals surface area contributed by atoms with E-state index in [1.165, 1.54) is 11.3 Å². The minimum absolute atomic E-state index is 0.0696. The number of anilines is 2. The first-order valence-electron chi connectivity index (χ1n) is 9.40. The van der Waals surface area contributed by atoms with Crippen LogP contribution in [-0.2, 0) is 6.42 Å². The number of rotatable bonds is 4. The van der Waals surface area contributed by atoms with E-state index in [1.54, 1.807) is 6.20 Å². The van der Waals surface area contributed by atoms with Crippen molar-refractivity contribution in [2.75, 3.05) is 11.4 Å². The van der Waals surface area contributed by atoms with E-state index >= 15 is 0 Å². The third-order valence-electron chi connectivity index (χ3n) is 5.05. The lowest BCUT2D eigenvalue weighted by Crippen LogP contribution is -2.28. The van der Waals surface area contributed by atoms with Crippen LogP contribution in [0.25, 0.3) is 0 Å². The summed E-state index contributed by atoms with van der Waals surface area (Å²) in [6, 6.07) is 22.2. The highest BCUT2D eigenvalue weighted by Gasteiger charge is 2.19. The van der Waals surface area contributed by atoms with Crippen LogP contribution in [0.5, 0.6) is 0 Å². The molecule has 1 unspecified atom stereocenters. The molecule has 1 N–H and O–H groups in total. The number of carbonyl (C=O) groups is 1. The summed E-state index contributed by atoms with van der Waals surface area (Å²) in [5.74, 6) is -0.154. The van der Waals surface area contributed by atoms with E-state index in [0.29, 0.717) is 5.69 Å². The smallest absolute Gasteiger partial charge is 0.270 e. The van der Waals surface area contributed by atoms with Gasteiger partial charge in [0.15, 0.2) is 0 Å². The maximum Gasteiger partial charge on any atom is 0.270 e. The van der Waals surface area contributed by atoms with Gasteiger partial charge in [-0.15, -0.1) is 0 Å². The van der Waals surface area contributed by atoms with Crippen LogP contribution in [-0.4, -0.2) is 17.4 Å². The van der Waals surface area contributed by atoms with Gasteiger partial charge >= 0.3 is 0 Å². The van der Waals surface area contributed by atoms with E-state index in [1.807, 2.05) is 49.4 Å². The summed E-state index contributed by atoms with van der Waals surface area (Å²) in [6.07, 6.45) is 3.92. The van der Waals surface area contributed by atoms with E-state index < -0.39 is 0 Å². The van der Waals surface area contributed by atoms with Crippen LogP contribution in [0.15, 0.2) is 72.9 Å². The van der Waals surface area contributed by atoms with Crippen LogP contribution < -0.4 is 10.2 Å². The maximum atomic E-state index is 12.7. The molecule has 3 aromatic rings. The summed E-state index contributed by atoms with van der Waals surface area (Å²) in [6.45, 7) is 2.93. The van der Waals surface area contributed by atoms with Crippen LogP contribution in [0.4, 0.5) is 11.4 Å². The number of hydrogen-bond acceptors (Lipinski definition) is 3. The minimum Gasteiger partial charge on any atom is -0.344 e. The second kappa shape index (κ2) is 7.62. The normalized spacial score (nSPS) is 14.3. The van der Waals surface area contributed by atoms with Crippen molar-refractivity contribution < 1.29 is 4.79 Å². The molecule has 4 nitrogen and oxygen atoms in total. The molecule has 1 aromatic heterocycles. The molecule has 4 rings (SSSR count). The Balaban J connectivity index is 1.56. The van der Waals surface area contributed by atoms with Gasteiger partial charge in [-0.1, -0.05) is 48.5 Å². The summed E-state index contributed by atoms with van der Waals surface area (Å²) in [7, 11) is 0. The Labute approximate surface area is 159 Å². The molecule has 0 fully saturated rings.